The van der Waals surface area contributed by atoms with Gasteiger partial charge in [0.1, 0.15) is 11.6 Å². The summed E-state index contributed by atoms with van der Waals surface area (Å²) in [6, 6.07) is 2.06. The molecule has 1 aromatic heterocycles. The minimum atomic E-state index is -0.752. The maximum absolute atomic E-state index is 13.6. The molecule has 0 fully saturated rings. The molecule has 0 radical (unpaired) electrons. The lowest BCUT2D eigenvalue weighted by molar-refractivity contribution is -0.129. The Balaban J connectivity index is 1.67. The van der Waals surface area contributed by atoms with Crippen molar-refractivity contribution in [2.24, 2.45) is 0 Å². The zero-order chi connectivity index (χ0) is 21.8. The van der Waals surface area contributed by atoms with Gasteiger partial charge in [-0.1, -0.05) is 0 Å². The number of fused-ring (bicyclic) bond motifs is 1. The SMILES string of the molecule is CNC(=O)c1nn(CCNC(=O)Nc2cc(F)ccc2F)c2c1CN(C(C)=O)CC2. The Bertz CT molecular complexity index is 991. The van der Waals surface area contributed by atoms with Gasteiger partial charge in [-0.2, -0.15) is 5.10 Å². The predicted molar refractivity (Wildman–Crippen MR) is 104 cm³/mol. The average molecular weight is 420 g/mol. The molecule has 0 atom stereocenters. The molecular formula is C19H22F2N6O3. The Morgan fingerprint density at radius 3 is 2.70 bits per heavy atom. The number of rotatable bonds is 5. The van der Waals surface area contributed by atoms with Crippen LogP contribution in [-0.4, -0.2) is 52.7 Å². The van der Waals surface area contributed by atoms with Gasteiger partial charge in [-0.15, -0.1) is 0 Å². The molecule has 1 aliphatic heterocycles. The fraction of sp³-hybridized carbons (Fsp3) is 0.368. The highest BCUT2D eigenvalue weighted by molar-refractivity contribution is 5.94. The molecule has 0 saturated heterocycles. The van der Waals surface area contributed by atoms with Gasteiger partial charge < -0.3 is 20.9 Å². The van der Waals surface area contributed by atoms with Crippen molar-refractivity contribution >= 4 is 23.5 Å². The molecule has 160 valence electrons. The molecule has 30 heavy (non-hydrogen) atoms. The van der Waals surface area contributed by atoms with Gasteiger partial charge in [-0.25, -0.2) is 13.6 Å². The monoisotopic (exact) mass is 420 g/mol. The van der Waals surface area contributed by atoms with Crippen LogP contribution >= 0.6 is 0 Å². The summed E-state index contributed by atoms with van der Waals surface area (Å²) in [5.74, 6) is -1.86. The summed E-state index contributed by atoms with van der Waals surface area (Å²) in [5, 5.41) is 11.7. The Labute approximate surface area is 171 Å². The third-order valence-corrected chi connectivity index (χ3v) is 4.81. The van der Waals surface area contributed by atoms with E-state index in [0.717, 1.165) is 23.9 Å². The van der Waals surface area contributed by atoms with E-state index in [1.165, 1.54) is 14.0 Å². The van der Waals surface area contributed by atoms with Crippen LogP contribution in [-0.2, 0) is 24.3 Å². The number of anilines is 1. The standard InChI is InChI=1S/C19H22F2N6O3/c1-11(28)26-7-5-16-13(10-26)17(18(29)22-2)25-27(16)8-6-23-19(30)24-15-9-12(20)3-4-14(15)21/h3-4,9H,5-8,10H2,1-2H3,(H,22,29)(H2,23,24,30). The van der Waals surface area contributed by atoms with E-state index in [-0.39, 0.29) is 36.3 Å². The normalized spacial score (nSPS) is 12.9. The zero-order valence-corrected chi connectivity index (χ0v) is 16.6. The van der Waals surface area contributed by atoms with Crippen LogP contribution in [0, 0.1) is 11.6 Å². The number of benzene rings is 1. The highest BCUT2D eigenvalue weighted by Gasteiger charge is 2.28. The van der Waals surface area contributed by atoms with Crippen LogP contribution in [0.1, 0.15) is 28.7 Å². The van der Waals surface area contributed by atoms with Crippen molar-refractivity contribution in [3.8, 4) is 0 Å². The average Bonchev–Trinajstić information content (AvgIpc) is 3.08. The van der Waals surface area contributed by atoms with Gasteiger partial charge in [0.15, 0.2) is 5.69 Å². The number of nitrogens with one attached hydrogen (secondary N) is 3. The lowest BCUT2D eigenvalue weighted by atomic mass is 10.0. The summed E-state index contributed by atoms with van der Waals surface area (Å²) < 4.78 is 28.4. The molecule has 0 saturated carbocycles. The molecule has 3 rings (SSSR count). The summed E-state index contributed by atoms with van der Waals surface area (Å²) in [5.41, 5.74) is 1.48. The molecule has 9 nitrogen and oxygen atoms in total. The van der Waals surface area contributed by atoms with Crippen molar-refractivity contribution in [1.82, 2.24) is 25.3 Å². The molecule has 2 aromatic rings. The largest absolute Gasteiger partial charge is 0.354 e. The summed E-state index contributed by atoms with van der Waals surface area (Å²) >= 11 is 0. The minimum Gasteiger partial charge on any atom is -0.354 e. The maximum Gasteiger partial charge on any atom is 0.319 e. The van der Waals surface area contributed by atoms with Crippen LogP contribution in [0.2, 0.25) is 0 Å². The van der Waals surface area contributed by atoms with Crippen molar-refractivity contribution in [2.45, 2.75) is 26.4 Å². The molecule has 3 N–H and O–H groups in total. The Morgan fingerprint density at radius 1 is 1.23 bits per heavy atom. The molecule has 0 spiro atoms. The van der Waals surface area contributed by atoms with E-state index in [0.29, 0.717) is 25.1 Å². The first-order chi connectivity index (χ1) is 14.3. The Hall–Kier alpha value is -3.50. The summed E-state index contributed by atoms with van der Waals surface area (Å²) in [7, 11) is 1.50. The van der Waals surface area contributed by atoms with Gasteiger partial charge in [0.2, 0.25) is 5.91 Å². The number of aromatic nitrogens is 2. The minimum absolute atomic E-state index is 0.0841. The second kappa shape index (κ2) is 8.89. The molecule has 0 aliphatic carbocycles. The van der Waals surface area contributed by atoms with Crippen LogP contribution in [0.5, 0.6) is 0 Å². The highest BCUT2D eigenvalue weighted by atomic mass is 19.1. The van der Waals surface area contributed by atoms with E-state index in [4.69, 9.17) is 0 Å². The van der Waals surface area contributed by atoms with Crippen LogP contribution < -0.4 is 16.0 Å². The lowest BCUT2D eigenvalue weighted by Gasteiger charge is -2.26. The molecule has 1 aromatic carbocycles. The molecular weight excluding hydrogens is 398 g/mol. The van der Waals surface area contributed by atoms with Crippen LogP contribution in [0.4, 0.5) is 19.3 Å². The Morgan fingerprint density at radius 2 is 2.00 bits per heavy atom. The van der Waals surface area contributed by atoms with E-state index in [1.54, 1.807) is 9.58 Å². The third kappa shape index (κ3) is 4.56. The highest BCUT2D eigenvalue weighted by Crippen LogP contribution is 2.23. The molecule has 2 heterocycles. The lowest BCUT2D eigenvalue weighted by Crippen LogP contribution is -2.36. The number of nitrogens with zero attached hydrogens (tertiary/aromatic N) is 3. The first-order valence-corrected chi connectivity index (χ1v) is 9.36. The van der Waals surface area contributed by atoms with Gasteiger partial charge in [-0.05, 0) is 12.1 Å². The smallest absolute Gasteiger partial charge is 0.319 e. The predicted octanol–water partition coefficient (Wildman–Crippen LogP) is 1.25. The molecule has 4 amide bonds. The second-order valence-electron chi connectivity index (χ2n) is 6.77. The summed E-state index contributed by atoms with van der Waals surface area (Å²) in [6.45, 7) is 2.67. The van der Waals surface area contributed by atoms with E-state index in [9.17, 15) is 23.2 Å². The van der Waals surface area contributed by atoms with Crippen LogP contribution in [0.15, 0.2) is 18.2 Å². The number of carbonyl (C=O) groups excluding carboxylic acids is 3. The molecule has 0 unspecified atom stereocenters. The summed E-state index contributed by atoms with van der Waals surface area (Å²) in [6.07, 6.45) is 0.527. The van der Waals surface area contributed by atoms with E-state index < -0.39 is 17.7 Å². The quantitative estimate of drug-likeness (QED) is 0.676. The number of halogens is 2. The first-order valence-electron chi connectivity index (χ1n) is 9.36. The molecule has 0 bridgehead atoms. The zero-order valence-electron chi connectivity index (χ0n) is 16.6. The summed E-state index contributed by atoms with van der Waals surface area (Å²) in [4.78, 5) is 37.5. The molecule has 11 heteroatoms. The Kier molecular flexibility index (Phi) is 6.28. The van der Waals surface area contributed by atoms with Crippen molar-refractivity contribution in [1.29, 1.82) is 0 Å². The second-order valence-corrected chi connectivity index (χ2v) is 6.77. The van der Waals surface area contributed by atoms with Crippen LogP contribution in [0.25, 0.3) is 0 Å². The number of amides is 4. The fourth-order valence-electron chi connectivity index (χ4n) is 3.28. The fourth-order valence-corrected chi connectivity index (χ4v) is 3.28. The van der Waals surface area contributed by atoms with Crippen molar-refractivity contribution in [2.75, 3.05) is 25.5 Å². The number of hydrogen-bond acceptors (Lipinski definition) is 4. The van der Waals surface area contributed by atoms with Gasteiger partial charge in [0.05, 0.1) is 12.2 Å². The van der Waals surface area contributed by atoms with Crippen LogP contribution in [0.3, 0.4) is 0 Å². The van der Waals surface area contributed by atoms with Gasteiger partial charge in [0.25, 0.3) is 5.91 Å². The molecule has 1 aliphatic rings. The van der Waals surface area contributed by atoms with Gasteiger partial charge in [0, 0.05) is 57.4 Å². The topological polar surface area (TPSA) is 108 Å². The third-order valence-electron chi connectivity index (χ3n) is 4.81. The number of urea groups is 1. The number of hydrogen-bond donors (Lipinski definition) is 3. The van der Waals surface area contributed by atoms with E-state index in [2.05, 4.69) is 21.0 Å². The van der Waals surface area contributed by atoms with E-state index in [1.807, 2.05) is 0 Å². The van der Waals surface area contributed by atoms with Gasteiger partial charge in [-0.3, -0.25) is 14.3 Å². The first kappa shape index (κ1) is 21.2. The number of carbonyl (C=O) groups is 3. The van der Waals surface area contributed by atoms with E-state index >= 15 is 0 Å². The van der Waals surface area contributed by atoms with Crippen molar-refractivity contribution < 1.29 is 23.2 Å². The van der Waals surface area contributed by atoms with Crippen molar-refractivity contribution in [3.63, 3.8) is 0 Å². The maximum atomic E-state index is 13.6. The van der Waals surface area contributed by atoms with Crippen molar-refractivity contribution in [3.05, 3.63) is 46.8 Å². The van der Waals surface area contributed by atoms with Gasteiger partial charge >= 0.3 is 6.03 Å².